The van der Waals surface area contributed by atoms with E-state index in [1.165, 1.54) is 4.68 Å². The van der Waals surface area contributed by atoms with E-state index in [4.69, 9.17) is 0 Å². The number of likely N-dealkylation sites (tertiary alicyclic amines) is 1. The third-order valence-corrected chi connectivity index (χ3v) is 6.79. The van der Waals surface area contributed by atoms with Crippen LogP contribution in [0.4, 0.5) is 0 Å². The van der Waals surface area contributed by atoms with Gasteiger partial charge >= 0.3 is 0 Å². The van der Waals surface area contributed by atoms with Crippen LogP contribution in [0, 0.1) is 0 Å². The molecule has 3 aromatic heterocycles. The zero-order valence-electron chi connectivity index (χ0n) is 16.2. The van der Waals surface area contributed by atoms with Gasteiger partial charge in [0.15, 0.2) is 0 Å². The van der Waals surface area contributed by atoms with Crippen LogP contribution in [0.25, 0.3) is 15.7 Å². The number of hydrogen-bond acceptors (Lipinski definition) is 5. The first-order valence-electron chi connectivity index (χ1n) is 9.53. The first kappa shape index (κ1) is 19.6. The van der Waals surface area contributed by atoms with E-state index < -0.39 is 0 Å². The standard InChI is InChI=1S/C19H24BrN5O2S/c1-11(2)17-22-24(10-16(26)21-13-5-4-6-23(3)9-13)18(27)14-7-12-8-15(20)28-19(12)25(14)17/h7-8,11,13H,4-6,9-10H2,1-3H3,(H,21,26)/t13-/m1/s1. The van der Waals surface area contributed by atoms with Crippen LogP contribution in [-0.4, -0.2) is 51.2 Å². The van der Waals surface area contributed by atoms with Gasteiger partial charge in [0.25, 0.3) is 5.56 Å². The van der Waals surface area contributed by atoms with E-state index in [0.717, 1.165) is 45.8 Å². The predicted molar refractivity (Wildman–Crippen MR) is 115 cm³/mol. The number of piperidine rings is 1. The van der Waals surface area contributed by atoms with E-state index in [0.29, 0.717) is 5.52 Å². The molecule has 0 bridgehead atoms. The third kappa shape index (κ3) is 3.62. The SMILES string of the molecule is CC(C)c1nn(CC(=O)N[C@@H]2CCCN(C)C2)c(=O)c2cc3cc(Br)sc3n12. The number of halogens is 1. The van der Waals surface area contributed by atoms with Crippen molar-refractivity contribution in [2.24, 2.45) is 0 Å². The van der Waals surface area contributed by atoms with Gasteiger partial charge < -0.3 is 10.2 Å². The second-order valence-electron chi connectivity index (χ2n) is 7.82. The minimum absolute atomic E-state index is 0.0577. The van der Waals surface area contributed by atoms with Crippen molar-refractivity contribution >= 4 is 48.9 Å². The maximum absolute atomic E-state index is 13.0. The average molecular weight is 466 g/mol. The molecule has 9 heteroatoms. The predicted octanol–water partition coefficient (Wildman–Crippen LogP) is 2.81. The number of nitrogens with zero attached hydrogens (tertiary/aromatic N) is 4. The molecule has 1 amide bonds. The third-order valence-electron chi connectivity index (χ3n) is 5.15. The Morgan fingerprint density at radius 3 is 2.93 bits per heavy atom. The van der Waals surface area contributed by atoms with Crippen molar-refractivity contribution in [3.05, 3.63) is 32.1 Å². The molecule has 7 nitrogen and oxygen atoms in total. The molecule has 0 radical (unpaired) electrons. The van der Waals surface area contributed by atoms with Crippen LogP contribution in [0.3, 0.4) is 0 Å². The Kier molecular flexibility index (Phi) is 5.32. The van der Waals surface area contributed by atoms with Gasteiger partial charge in [-0.3, -0.25) is 14.0 Å². The Labute approximate surface area is 175 Å². The van der Waals surface area contributed by atoms with Gasteiger partial charge in [-0.25, -0.2) is 4.68 Å². The Balaban J connectivity index is 1.68. The molecule has 3 aromatic rings. The molecule has 1 atom stereocenters. The Bertz CT molecular complexity index is 1100. The fraction of sp³-hybridized carbons (Fsp3) is 0.526. The van der Waals surface area contributed by atoms with Crippen LogP contribution >= 0.6 is 27.3 Å². The topological polar surface area (TPSA) is 71.6 Å². The lowest BCUT2D eigenvalue weighted by atomic mass is 10.1. The van der Waals surface area contributed by atoms with Crippen molar-refractivity contribution in [1.29, 1.82) is 0 Å². The Hall–Kier alpha value is -1.71. The number of thiophene rings is 1. The Morgan fingerprint density at radius 1 is 1.43 bits per heavy atom. The van der Waals surface area contributed by atoms with Gasteiger partial charge in [-0.15, -0.1) is 11.3 Å². The summed E-state index contributed by atoms with van der Waals surface area (Å²) in [5.41, 5.74) is 0.331. The molecule has 0 unspecified atom stereocenters. The van der Waals surface area contributed by atoms with E-state index in [-0.39, 0.29) is 30.0 Å². The zero-order valence-corrected chi connectivity index (χ0v) is 18.6. The van der Waals surface area contributed by atoms with E-state index in [2.05, 4.69) is 38.3 Å². The highest BCUT2D eigenvalue weighted by atomic mass is 79.9. The summed E-state index contributed by atoms with van der Waals surface area (Å²) in [5, 5.41) is 8.63. The zero-order chi connectivity index (χ0) is 20.0. The van der Waals surface area contributed by atoms with E-state index >= 15 is 0 Å². The number of carbonyl (C=O) groups excluding carboxylic acids is 1. The molecule has 28 heavy (non-hydrogen) atoms. The molecule has 4 rings (SSSR count). The Morgan fingerprint density at radius 2 is 2.21 bits per heavy atom. The molecule has 1 aliphatic rings. The first-order chi connectivity index (χ1) is 13.3. The summed E-state index contributed by atoms with van der Waals surface area (Å²) in [6.07, 6.45) is 2.04. The fourth-order valence-electron chi connectivity index (χ4n) is 3.87. The van der Waals surface area contributed by atoms with Gasteiger partial charge in [0, 0.05) is 23.9 Å². The van der Waals surface area contributed by atoms with Crippen LogP contribution in [0.15, 0.2) is 20.7 Å². The van der Waals surface area contributed by atoms with Crippen molar-refractivity contribution in [2.75, 3.05) is 20.1 Å². The van der Waals surface area contributed by atoms with Crippen LogP contribution < -0.4 is 10.9 Å². The van der Waals surface area contributed by atoms with Crippen LogP contribution in [0.5, 0.6) is 0 Å². The molecule has 150 valence electrons. The van der Waals surface area contributed by atoms with Gasteiger partial charge in [-0.05, 0) is 54.5 Å². The van der Waals surface area contributed by atoms with E-state index in [9.17, 15) is 9.59 Å². The van der Waals surface area contributed by atoms with Gasteiger partial charge in [0.05, 0.1) is 3.79 Å². The molecular formula is C19H24BrN5O2S. The number of carbonyl (C=O) groups is 1. The summed E-state index contributed by atoms with van der Waals surface area (Å²) in [6, 6.07) is 4.02. The van der Waals surface area contributed by atoms with Gasteiger partial charge in [-0.1, -0.05) is 13.8 Å². The van der Waals surface area contributed by atoms with Gasteiger partial charge in [0.1, 0.15) is 22.7 Å². The second-order valence-corrected chi connectivity index (χ2v) is 10.2. The smallest absolute Gasteiger partial charge is 0.291 e. The summed E-state index contributed by atoms with van der Waals surface area (Å²) < 4.78 is 4.26. The van der Waals surface area contributed by atoms with Crippen molar-refractivity contribution in [3.63, 3.8) is 0 Å². The molecule has 1 N–H and O–H groups in total. The lowest BCUT2D eigenvalue weighted by molar-refractivity contribution is -0.123. The normalized spacial score (nSPS) is 18.4. The number of amides is 1. The summed E-state index contributed by atoms with van der Waals surface area (Å²) >= 11 is 5.09. The minimum Gasteiger partial charge on any atom is -0.350 e. The quantitative estimate of drug-likeness (QED) is 0.642. The maximum atomic E-state index is 13.0. The molecule has 1 saturated heterocycles. The lowest BCUT2D eigenvalue weighted by Gasteiger charge is -2.30. The highest BCUT2D eigenvalue weighted by Crippen LogP contribution is 2.33. The first-order valence-corrected chi connectivity index (χ1v) is 11.1. The van der Waals surface area contributed by atoms with E-state index in [1.54, 1.807) is 11.3 Å². The highest BCUT2D eigenvalue weighted by molar-refractivity contribution is 9.11. The monoisotopic (exact) mass is 465 g/mol. The van der Waals surface area contributed by atoms with Crippen molar-refractivity contribution < 1.29 is 4.79 Å². The highest BCUT2D eigenvalue weighted by Gasteiger charge is 2.22. The van der Waals surface area contributed by atoms with Crippen LogP contribution in [0.2, 0.25) is 0 Å². The average Bonchev–Trinajstić information content (AvgIpc) is 3.13. The molecule has 0 saturated carbocycles. The minimum atomic E-state index is -0.236. The molecule has 0 aliphatic carbocycles. The number of aromatic nitrogens is 3. The van der Waals surface area contributed by atoms with E-state index in [1.807, 2.05) is 30.4 Å². The molecule has 4 heterocycles. The fourth-order valence-corrected chi connectivity index (χ4v) is 5.47. The summed E-state index contributed by atoms with van der Waals surface area (Å²) in [4.78, 5) is 28.8. The number of hydrogen-bond donors (Lipinski definition) is 1. The van der Waals surface area contributed by atoms with Crippen molar-refractivity contribution in [1.82, 2.24) is 24.4 Å². The maximum Gasteiger partial charge on any atom is 0.291 e. The molecule has 0 aromatic carbocycles. The number of likely N-dealkylation sites (N-methyl/N-ethyl adjacent to an activating group) is 1. The molecule has 1 aliphatic heterocycles. The molecule has 1 fully saturated rings. The van der Waals surface area contributed by atoms with Gasteiger partial charge in [0.2, 0.25) is 5.91 Å². The van der Waals surface area contributed by atoms with Crippen molar-refractivity contribution in [2.45, 2.75) is 45.2 Å². The summed E-state index contributed by atoms with van der Waals surface area (Å²) in [6.45, 7) is 5.93. The summed E-state index contributed by atoms with van der Waals surface area (Å²) in [7, 11) is 2.06. The molecule has 0 spiro atoms. The van der Waals surface area contributed by atoms with Crippen LogP contribution in [0.1, 0.15) is 38.4 Å². The summed E-state index contributed by atoms with van der Waals surface area (Å²) in [5.74, 6) is 0.732. The number of rotatable bonds is 4. The molecular weight excluding hydrogens is 442 g/mol. The van der Waals surface area contributed by atoms with Crippen LogP contribution in [-0.2, 0) is 11.3 Å². The van der Waals surface area contributed by atoms with Gasteiger partial charge in [-0.2, -0.15) is 5.10 Å². The number of fused-ring (bicyclic) bond motifs is 3. The van der Waals surface area contributed by atoms with Crippen molar-refractivity contribution in [3.8, 4) is 0 Å². The lowest BCUT2D eigenvalue weighted by Crippen LogP contribution is -2.48. The number of nitrogens with one attached hydrogen (secondary N) is 1. The largest absolute Gasteiger partial charge is 0.350 e. The second kappa shape index (κ2) is 7.61.